The number of rotatable bonds is 7. The fourth-order valence-electron chi connectivity index (χ4n) is 1.43. The number of hydrogen-bond donors (Lipinski definition) is 2. The number of aromatic carboxylic acids is 1. The van der Waals surface area contributed by atoms with Crippen LogP contribution in [0.4, 0.5) is 11.5 Å². The molecule has 0 spiro atoms. The lowest BCUT2D eigenvalue weighted by Gasteiger charge is -2.13. The van der Waals surface area contributed by atoms with Crippen molar-refractivity contribution in [1.29, 1.82) is 0 Å². The average Bonchev–Trinajstić information content (AvgIpc) is 2.35. The van der Waals surface area contributed by atoms with Gasteiger partial charge in [-0.3, -0.25) is 10.1 Å². The fourth-order valence-corrected chi connectivity index (χ4v) is 2.11. The summed E-state index contributed by atoms with van der Waals surface area (Å²) in [5, 5.41) is 22.7. The number of carbonyl (C=O) groups is 1. The predicted octanol–water partition coefficient (Wildman–Crippen LogP) is 2.24. The van der Waals surface area contributed by atoms with E-state index in [0.29, 0.717) is 5.82 Å². The molecule has 19 heavy (non-hydrogen) atoms. The normalized spacial score (nSPS) is 11.9. The zero-order valence-corrected chi connectivity index (χ0v) is 11.4. The molecule has 1 aromatic rings. The van der Waals surface area contributed by atoms with E-state index in [1.54, 1.807) is 11.8 Å². The first-order valence-electron chi connectivity index (χ1n) is 5.67. The standard InChI is InChI=1S/C11H15N3O4S/c1-3-19-6-7(2)13-10-4-8(11(15)16)9(5-12-10)14(17)18/h4-5,7H,3,6H2,1-2H3,(H,12,13)(H,15,16). The lowest BCUT2D eigenvalue weighted by Crippen LogP contribution is -2.19. The van der Waals surface area contributed by atoms with Crippen molar-refractivity contribution in [2.45, 2.75) is 19.9 Å². The number of anilines is 1. The van der Waals surface area contributed by atoms with Gasteiger partial charge in [-0.25, -0.2) is 9.78 Å². The van der Waals surface area contributed by atoms with Gasteiger partial charge < -0.3 is 10.4 Å². The molecule has 0 aliphatic carbocycles. The molecule has 1 atom stereocenters. The topological polar surface area (TPSA) is 105 Å². The lowest BCUT2D eigenvalue weighted by molar-refractivity contribution is -0.385. The number of nitrogens with zero attached hydrogens (tertiary/aromatic N) is 2. The summed E-state index contributed by atoms with van der Waals surface area (Å²) in [7, 11) is 0. The zero-order chi connectivity index (χ0) is 14.4. The van der Waals surface area contributed by atoms with Crippen molar-refractivity contribution in [2.24, 2.45) is 0 Å². The third-order valence-corrected chi connectivity index (χ3v) is 3.42. The second-order valence-corrected chi connectivity index (χ2v) is 5.17. The smallest absolute Gasteiger partial charge is 0.342 e. The maximum atomic E-state index is 11.0. The van der Waals surface area contributed by atoms with Crippen LogP contribution in [0.25, 0.3) is 0 Å². The van der Waals surface area contributed by atoms with Crippen LogP contribution in [0.1, 0.15) is 24.2 Å². The Balaban J connectivity index is 2.90. The number of aromatic nitrogens is 1. The maximum Gasteiger partial charge on any atom is 0.342 e. The molecule has 0 saturated heterocycles. The summed E-state index contributed by atoms with van der Waals surface area (Å²) in [5.74, 6) is 0.817. The van der Waals surface area contributed by atoms with E-state index in [9.17, 15) is 14.9 Å². The third-order valence-electron chi connectivity index (χ3n) is 2.28. The zero-order valence-electron chi connectivity index (χ0n) is 10.6. The number of carboxylic acids is 1. The molecular weight excluding hydrogens is 270 g/mol. The minimum Gasteiger partial charge on any atom is -0.477 e. The molecule has 1 heterocycles. The Bertz CT molecular complexity index is 481. The first kappa shape index (κ1) is 15.2. The van der Waals surface area contributed by atoms with Crippen LogP contribution in [0, 0.1) is 10.1 Å². The van der Waals surface area contributed by atoms with Gasteiger partial charge in [-0.15, -0.1) is 0 Å². The summed E-state index contributed by atoms with van der Waals surface area (Å²) in [6.07, 6.45) is 0.964. The molecule has 0 aromatic carbocycles. The van der Waals surface area contributed by atoms with Crippen LogP contribution >= 0.6 is 11.8 Å². The molecule has 104 valence electrons. The summed E-state index contributed by atoms with van der Waals surface area (Å²) < 4.78 is 0. The molecule has 0 aliphatic heterocycles. The SMILES string of the molecule is CCSCC(C)Nc1cc(C(=O)O)c([N+](=O)[O-])cn1. The summed E-state index contributed by atoms with van der Waals surface area (Å²) in [6, 6.07) is 1.29. The van der Waals surface area contributed by atoms with Crippen molar-refractivity contribution in [2.75, 3.05) is 16.8 Å². The molecule has 8 heteroatoms. The van der Waals surface area contributed by atoms with Crippen LogP contribution in [0.3, 0.4) is 0 Å². The number of hydrogen-bond acceptors (Lipinski definition) is 6. The summed E-state index contributed by atoms with van der Waals surface area (Å²) in [4.78, 5) is 24.8. The van der Waals surface area contributed by atoms with Crippen molar-refractivity contribution in [3.63, 3.8) is 0 Å². The molecule has 0 amide bonds. The third kappa shape index (κ3) is 4.40. The highest BCUT2D eigenvalue weighted by Gasteiger charge is 2.21. The highest BCUT2D eigenvalue weighted by Crippen LogP contribution is 2.20. The van der Waals surface area contributed by atoms with E-state index in [2.05, 4.69) is 10.3 Å². The number of pyridine rings is 1. The monoisotopic (exact) mass is 285 g/mol. The van der Waals surface area contributed by atoms with Gasteiger partial charge in [0.05, 0.1) is 4.92 Å². The van der Waals surface area contributed by atoms with E-state index in [0.717, 1.165) is 17.7 Å². The minimum absolute atomic E-state index is 0.0977. The van der Waals surface area contributed by atoms with Crippen LogP contribution in [-0.2, 0) is 0 Å². The van der Waals surface area contributed by atoms with Crippen LogP contribution < -0.4 is 5.32 Å². The average molecular weight is 285 g/mol. The van der Waals surface area contributed by atoms with Crippen molar-refractivity contribution >= 4 is 29.2 Å². The Morgan fingerprint density at radius 3 is 2.89 bits per heavy atom. The fraction of sp³-hybridized carbons (Fsp3) is 0.455. The largest absolute Gasteiger partial charge is 0.477 e. The van der Waals surface area contributed by atoms with E-state index >= 15 is 0 Å². The molecule has 0 saturated carbocycles. The van der Waals surface area contributed by atoms with Gasteiger partial charge in [-0.05, 0) is 12.7 Å². The highest BCUT2D eigenvalue weighted by molar-refractivity contribution is 7.99. The van der Waals surface area contributed by atoms with Crippen molar-refractivity contribution < 1.29 is 14.8 Å². The Labute approximate surface area is 114 Å². The van der Waals surface area contributed by atoms with Gasteiger partial charge in [-0.2, -0.15) is 11.8 Å². The van der Waals surface area contributed by atoms with E-state index in [-0.39, 0.29) is 11.6 Å². The van der Waals surface area contributed by atoms with Crippen LogP contribution in [0.15, 0.2) is 12.3 Å². The molecule has 2 N–H and O–H groups in total. The van der Waals surface area contributed by atoms with Crippen LogP contribution in [-0.4, -0.2) is 38.5 Å². The van der Waals surface area contributed by atoms with Gasteiger partial charge >= 0.3 is 11.7 Å². The molecule has 1 aromatic heterocycles. The minimum atomic E-state index is -1.34. The molecule has 1 rings (SSSR count). The van der Waals surface area contributed by atoms with Crippen LogP contribution in [0.2, 0.25) is 0 Å². The van der Waals surface area contributed by atoms with Crippen molar-refractivity contribution in [3.05, 3.63) is 27.9 Å². The Morgan fingerprint density at radius 1 is 1.68 bits per heavy atom. The quantitative estimate of drug-likeness (QED) is 0.584. The molecule has 0 radical (unpaired) electrons. The van der Waals surface area contributed by atoms with E-state index in [4.69, 9.17) is 5.11 Å². The van der Waals surface area contributed by atoms with Gasteiger partial charge in [0.1, 0.15) is 17.6 Å². The number of nitro groups is 1. The lowest BCUT2D eigenvalue weighted by atomic mass is 10.2. The van der Waals surface area contributed by atoms with E-state index < -0.39 is 16.6 Å². The van der Waals surface area contributed by atoms with Gasteiger partial charge in [0, 0.05) is 17.9 Å². The van der Waals surface area contributed by atoms with E-state index in [1.165, 1.54) is 6.07 Å². The van der Waals surface area contributed by atoms with Gasteiger partial charge in [0.2, 0.25) is 0 Å². The number of carboxylic acid groups (broad SMARTS) is 1. The predicted molar refractivity (Wildman–Crippen MR) is 73.9 cm³/mol. The van der Waals surface area contributed by atoms with Gasteiger partial charge in [-0.1, -0.05) is 6.92 Å². The first-order chi connectivity index (χ1) is 8.95. The second-order valence-electron chi connectivity index (χ2n) is 3.85. The Morgan fingerprint density at radius 2 is 2.37 bits per heavy atom. The summed E-state index contributed by atoms with van der Waals surface area (Å²) in [5.41, 5.74) is -0.869. The first-order valence-corrected chi connectivity index (χ1v) is 6.83. The highest BCUT2D eigenvalue weighted by atomic mass is 32.2. The molecule has 0 fully saturated rings. The number of nitrogens with one attached hydrogen (secondary N) is 1. The Hall–Kier alpha value is -1.83. The van der Waals surface area contributed by atoms with Gasteiger partial charge in [0.15, 0.2) is 0 Å². The molecule has 0 bridgehead atoms. The summed E-state index contributed by atoms with van der Waals surface area (Å²) >= 11 is 1.74. The molecular formula is C11H15N3O4S. The van der Waals surface area contributed by atoms with Crippen LogP contribution in [0.5, 0.6) is 0 Å². The number of thioether (sulfide) groups is 1. The maximum absolute atomic E-state index is 11.0. The molecule has 1 unspecified atom stereocenters. The van der Waals surface area contributed by atoms with Gasteiger partial charge in [0.25, 0.3) is 0 Å². The molecule has 0 aliphatic rings. The second kappa shape index (κ2) is 6.93. The summed E-state index contributed by atoms with van der Waals surface area (Å²) in [6.45, 7) is 3.98. The van der Waals surface area contributed by atoms with Crippen molar-refractivity contribution in [3.8, 4) is 0 Å². The van der Waals surface area contributed by atoms with E-state index in [1.807, 2.05) is 13.8 Å². The molecule has 7 nitrogen and oxygen atoms in total. The Kier molecular flexibility index (Phi) is 5.56. The van der Waals surface area contributed by atoms with Crippen molar-refractivity contribution in [1.82, 2.24) is 4.98 Å².